The molecule has 16 heavy (non-hydrogen) atoms. The summed E-state index contributed by atoms with van der Waals surface area (Å²) < 4.78 is 3.87. The average molecular weight is 240 g/mol. The number of rotatable bonds is 4. The average Bonchev–Trinajstić information content (AvgIpc) is 2.68. The lowest BCUT2D eigenvalue weighted by Crippen LogP contribution is -2.27. The highest BCUT2D eigenvalue weighted by Gasteiger charge is 2.16. The largest absolute Gasteiger partial charge is 0.372 e. The molecule has 1 unspecified atom stereocenters. The summed E-state index contributed by atoms with van der Waals surface area (Å²) in [5, 5.41) is 8.49. The first-order chi connectivity index (χ1) is 7.88. The maximum atomic E-state index is 3.87. The van der Waals surface area contributed by atoms with E-state index < -0.39 is 0 Å². The van der Waals surface area contributed by atoms with Crippen molar-refractivity contribution in [3.05, 3.63) is 6.20 Å². The Morgan fingerprint density at radius 2 is 2.44 bits per heavy atom. The lowest BCUT2D eigenvalue weighted by Gasteiger charge is -2.19. The van der Waals surface area contributed by atoms with E-state index in [2.05, 4.69) is 26.7 Å². The second kappa shape index (κ2) is 6.15. The van der Waals surface area contributed by atoms with Gasteiger partial charge in [-0.2, -0.15) is 0 Å². The zero-order valence-corrected chi connectivity index (χ0v) is 10.7. The molecule has 1 atom stereocenters. The second-order valence-corrected chi connectivity index (χ2v) is 5.18. The molecule has 1 aromatic heterocycles. The molecule has 0 amide bonds. The third-order valence-electron chi connectivity index (χ3n) is 3.07. The summed E-state index contributed by atoms with van der Waals surface area (Å²) in [6.45, 7) is 5.98. The van der Waals surface area contributed by atoms with Crippen molar-refractivity contribution >= 4 is 16.5 Å². The van der Waals surface area contributed by atoms with Crippen LogP contribution in [0.3, 0.4) is 0 Å². The second-order valence-electron chi connectivity index (χ2n) is 4.40. The third-order valence-corrected chi connectivity index (χ3v) is 3.66. The van der Waals surface area contributed by atoms with Crippen LogP contribution < -0.4 is 5.32 Å². The highest BCUT2D eigenvalue weighted by Crippen LogP contribution is 2.18. The first kappa shape index (κ1) is 11.8. The molecule has 1 saturated heterocycles. The summed E-state index contributed by atoms with van der Waals surface area (Å²) >= 11 is 1.45. The SMILES string of the molecule is CCCN1CCCC(Nc2cnns2)CC1. The Balaban J connectivity index is 1.80. The molecule has 0 bridgehead atoms. The topological polar surface area (TPSA) is 41.0 Å². The van der Waals surface area contributed by atoms with Gasteiger partial charge < -0.3 is 10.2 Å². The monoisotopic (exact) mass is 240 g/mol. The Kier molecular flexibility index (Phi) is 4.54. The number of aromatic nitrogens is 2. The lowest BCUT2D eigenvalue weighted by molar-refractivity contribution is 0.285. The first-order valence-corrected chi connectivity index (χ1v) is 6.92. The van der Waals surface area contributed by atoms with Gasteiger partial charge in [-0.25, -0.2) is 0 Å². The quantitative estimate of drug-likeness (QED) is 0.876. The summed E-state index contributed by atoms with van der Waals surface area (Å²) in [6, 6.07) is 0.601. The van der Waals surface area contributed by atoms with Gasteiger partial charge in [-0.3, -0.25) is 0 Å². The Bertz CT molecular complexity index is 288. The Labute approximate surface area is 101 Å². The number of anilines is 1. The van der Waals surface area contributed by atoms with Crippen LogP contribution in [0.25, 0.3) is 0 Å². The van der Waals surface area contributed by atoms with Gasteiger partial charge in [-0.1, -0.05) is 11.4 Å². The molecule has 0 radical (unpaired) electrons. The molecule has 1 aliphatic rings. The third kappa shape index (κ3) is 3.42. The molecule has 1 N–H and O–H groups in total. The van der Waals surface area contributed by atoms with Crippen molar-refractivity contribution in [2.45, 2.75) is 38.6 Å². The predicted molar refractivity (Wildman–Crippen MR) is 67.9 cm³/mol. The van der Waals surface area contributed by atoms with E-state index in [9.17, 15) is 0 Å². The van der Waals surface area contributed by atoms with E-state index in [1.807, 2.05) is 6.20 Å². The molecule has 2 rings (SSSR count). The summed E-state index contributed by atoms with van der Waals surface area (Å²) in [5.41, 5.74) is 0. The molecule has 5 heteroatoms. The Morgan fingerprint density at radius 3 is 3.19 bits per heavy atom. The van der Waals surface area contributed by atoms with Crippen LogP contribution in [0, 0.1) is 0 Å². The van der Waals surface area contributed by atoms with Crippen LogP contribution in [-0.2, 0) is 0 Å². The van der Waals surface area contributed by atoms with E-state index in [1.54, 1.807) is 0 Å². The standard InChI is InChI=1S/C11H20N4S/c1-2-6-15-7-3-4-10(5-8-15)13-11-9-12-14-16-11/h9-10,13H,2-8H2,1H3. The van der Waals surface area contributed by atoms with Gasteiger partial charge in [-0.05, 0) is 38.8 Å². The van der Waals surface area contributed by atoms with E-state index in [4.69, 9.17) is 0 Å². The van der Waals surface area contributed by atoms with Gasteiger partial charge in [0.2, 0.25) is 0 Å². The Morgan fingerprint density at radius 1 is 1.50 bits per heavy atom. The molecule has 0 saturated carbocycles. The molecule has 90 valence electrons. The molecular weight excluding hydrogens is 220 g/mol. The van der Waals surface area contributed by atoms with Crippen molar-refractivity contribution in [2.75, 3.05) is 25.0 Å². The zero-order chi connectivity index (χ0) is 11.2. The molecule has 1 fully saturated rings. The number of hydrogen-bond donors (Lipinski definition) is 1. The molecule has 1 aliphatic heterocycles. The predicted octanol–water partition coefficient (Wildman–Crippen LogP) is 2.21. The van der Waals surface area contributed by atoms with Gasteiger partial charge in [0.15, 0.2) is 0 Å². The van der Waals surface area contributed by atoms with E-state index in [0.29, 0.717) is 6.04 Å². The van der Waals surface area contributed by atoms with Gasteiger partial charge in [0, 0.05) is 24.1 Å². The van der Waals surface area contributed by atoms with Crippen molar-refractivity contribution in [3.8, 4) is 0 Å². The lowest BCUT2D eigenvalue weighted by atomic mass is 10.1. The highest BCUT2D eigenvalue weighted by atomic mass is 32.1. The molecule has 1 aromatic rings. The smallest absolute Gasteiger partial charge is 0.130 e. The van der Waals surface area contributed by atoms with Crippen molar-refractivity contribution < 1.29 is 0 Å². The van der Waals surface area contributed by atoms with Crippen LogP contribution in [0.4, 0.5) is 5.00 Å². The van der Waals surface area contributed by atoms with Gasteiger partial charge in [0.1, 0.15) is 5.00 Å². The fourth-order valence-electron chi connectivity index (χ4n) is 2.27. The summed E-state index contributed by atoms with van der Waals surface area (Å²) in [5.74, 6) is 0. The normalized spacial score (nSPS) is 22.9. The molecule has 0 spiro atoms. The molecule has 2 heterocycles. The highest BCUT2D eigenvalue weighted by molar-refractivity contribution is 7.09. The van der Waals surface area contributed by atoms with Crippen LogP contribution in [-0.4, -0.2) is 40.2 Å². The van der Waals surface area contributed by atoms with Crippen LogP contribution in [0.2, 0.25) is 0 Å². The first-order valence-electron chi connectivity index (χ1n) is 6.14. The minimum Gasteiger partial charge on any atom is -0.372 e. The van der Waals surface area contributed by atoms with Gasteiger partial charge in [0.25, 0.3) is 0 Å². The summed E-state index contributed by atoms with van der Waals surface area (Å²) in [4.78, 5) is 2.58. The maximum Gasteiger partial charge on any atom is 0.130 e. The van der Waals surface area contributed by atoms with Gasteiger partial charge in [-0.15, -0.1) is 5.10 Å². The van der Waals surface area contributed by atoms with Crippen molar-refractivity contribution in [2.24, 2.45) is 0 Å². The van der Waals surface area contributed by atoms with Gasteiger partial charge in [0.05, 0.1) is 6.20 Å². The molecule has 4 nitrogen and oxygen atoms in total. The molecular formula is C11H20N4S. The van der Waals surface area contributed by atoms with E-state index in [-0.39, 0.29) is 0 Å². The van der Waals surface area contributed by atoms with E-state index in [0.717, 1.165) is 5.00 Å². The van der Waals surface area contributed by atoms with Gasteiger partial charge >= 0.3 is 0 Å². The zero-order valence-electron chi connectivity index (χ0n) is 9.85. The van der Waals surface area contributed by atoms with E-state index in [1.165, 1.54) is 56.9 Å². The summed E-state index contributed by atoms with van der Waals surface area (Å²) in [6.07, 6.45) is 6.87. The molecule has 0 aromatic carbocycles. The Hall–Kier alpha value is -0.680. The van der Waals surface area contributed by atoms with Crippen LogP contribution >= 0.6 is 11.5 Å². The molecule has 0 aliphatic carbocycles. The number of nitrogens with one attached hydrogen (secondary N) is 1. The van der Waals surface area contributed by atoms with Crippen LogP contribution in [0.1, 0.15) is 32.6 Å². The van der Waals surface area contributed by atoms with E-state index >= 15 is 0 Å². The fourth-order valence-corrected chi connectivity index (χ4v) is 2.77. The fraction of sp³-hybridized carbons (Fsp3) is 0.818. The number of nitrogens with zero attached hydrogens (tertiary/aromatic N) is 3. The maximum absolute atomic E-state index is 3.87. The number of likely N-dealkylation sites (tertiary alicyclic amines) is 1. The number of hydrogen-bond acceptors (Lipinski definition) is 5. The van der Waals surface area contributed by atoms with Crippen molar-refractivity contribution in [1.82, 2.24) is 14.5 Å². The van der Waals surface area contributed by atoms with Crippen LogP contribution in [0.15, 0.2) is 6.20 Å². The minimum atomic E-state index is 0.601. The summed E-state index contributed by atoms with van der Waals surface area (Å²) in [7, 11) is 0. The minimum absolute atomic E-state index is 0.601. The van der Waals surface area contributed by atoms with Crippen LogP contribution in [0.5, 0.6) is 0 Å². The van der Waals surface area contributed by atoms with Crippen molar-refractivity contribution in [3.63, 3.8) is 0 Å². The van der Waals surface area contributed by atoms with Crippen molar-refractivity contribution in [1.29, 1.82) is 0 Å².